The van der Waals surface area contributed by atoms with Crippen molar-refractivity contribution >= 4 is 21.6 Å². The van der Waals surface area contributed by atoms with Gasteiger partial charge >= 0.3 is 0 Å². The number of nitrogens with zero attached hydrogens (tertiary/aromatic N) is 2. The second-order valence-corrected chi connectivity index (χ2v) is 7.71. The Hall–Kier alpha value is 0.160. The Bertz CT molecular complexity index is 354. The van der Waals surface area contributed by atoms with Crippen LogP contribution in [0.1, 0.15) is 26.2 Å². The first-order chi connectivity index (χ1) is 8.05. The molecule has 0 N–H and O–H groups in total. The van der Waals surface area contributed by atoms with Crippen LogP contribution in [0.4, 0.5) is 0 Å². The molecule has 0 bridgehead atoms. The van der Waals surface area contributed by atoms with Crippen LogP contribution in [0.2, 0.25) is 0 Å². The lowest BCUT2D eigenvalue weighted by atomic mass is 10.2. The third kappa shape index (κ3) is 2.78. The number of hydrogen-bond acceptors (Lipinski definition) is 3. The van der Waals surface area contributed by atoms with Crippen LogP contribution in [-0.2, 0) is 10.0 Å². The average molecular weight is 281 g/mol. The molecule has 100 valence electrons. The Kier molecular flexibility index (Phi) is 4.34. The van der Waals surface area contributed by atoms with Gasteiger partial charge in [0.15, 0.2) is 0 Å². The highest BCUT2D eigenvalue weighted by Gasteiger charge is 2.37. The van der Waals surface area contributed by atoms with E-state index in [1.54, 1.807) is 11.2 Å². The number of alkyl halides is 1. The summed E-state index contributed by atoms with van der Waals surface area (Å²) in [5.74, 6) is 0.174. The highest BCUT2D eigenvalue weighted by molar-refractivity contribution is 7.89. The van der Waals surface area contributed by atoms with Crippen LogP contribution in [-0.4, -0.2) is 61.0 Å². The molecule has 2 heterocycles. The van der Waals surface area contributed by atoms with E-state index in [-0.39, 0.29) is 5.88 Å². The van der Waals surface area contributed by atoms with E-state index in [0.29, 0.717) is 19.1 Å². The second-order valence-electron chi connectivity index (χ2n) is 5.05. The number of halogens is 1. The zero-order valence-electron chi connectivity index (χ0n) is 10.3. The van der Waals surface area contributed by atoms with Gasteiger partial charge in [-0.2, -0.15) is 0 Å². The highest BCUT2D eigenvalue weighted by atomic mass is 35.5. The molecule has 2 aliphatic heterocycles. The molecule has 0 aromatic heterocycles. The highest BCUT2D eigenvalue weighted by Crippen LogP contribution is 2.24. The predicted molar refractivity (Wildman–Crippen MR) is 69.9 cm³/mol. The van der Waals surface area contributed by atoms with Gasteiger partial charge in [-0.05, 0) is 39.3 Å². The normalized spacial score (nSPS) is 29.9. The Morgan fingerprint density at radius 1 is 1.29 bits per heavy atom. The fourth-order valence-electron chi connectivity index (χ4n) is 2.68. The molecule has 2 unspecified atom stereocenters. The van der Waals surface area contributed by atoms with Crippen LogP contribution in [0.25, 0.3) is 0 Å². The average Bonchev–Trinajstić information content (AvgIpc) is 2.97. The largest absolute Gasteiger partial charge is 0.299 e. The number of sulfonamides is 1. The molecular weight excluding hydrogens is 260 g/mol. The van der Waals surface area contributed by atoms with E-state index in [9.17, 15) is 8.42 Å². The summed E-state index contributed by atoms with van der Waals surface area (Å²) in [5.41, 5.74) is 0. The third-order valence-corrected chi connectivity index (χ3v) is 6.75. The standard InChI is InChI=1S/C11H21ClN2O2S/c1-10(8-12)17(15,16)14-7-4-11(9-14)13-5-2-3-6-13/h10-11H,2-9H2,1H3. The minimum Gasteiger partial charge on any atom is -0.299 e. The van der Waals surface area contributed by atoms with E-state index in [0.717, 1.165) is 19.5 Å². The van der Waals surface area contributed by atoms with Crippen molar-refractivity contribution in [3.63, 3.8) is 0 Å². The quantitative estimate of drug-likeness (QED) is 0.725. The van der Waals surface area contributed by atoms with Gasteiger partial charge in [-0.1, -0.05) is 0 Å². The van der Waals surface area contributed by atoms with Gasteiger partial charge in [0.05, 0.1) is 5.25 Å². The molecule has 0 amide bonds. The van der Waals surface area contributed by atoms with Gasteiger partial charge in [-0.3, -0.25) is 4.90 Å². The van der Waals surface area contributed by atoms with Crippen LogP contribution in [0.15, 0.2) is 0 Å². The maximum Gasteiger partial charge on any atom is 0.217 e. The molecule has 4 nitrogen and oxygen atoms in total. The predicted octanol–water partition coefficient (Wildman–Crippen LogP) is 1.11. The zero-order valence-corrected chi connectivity index (χ0v) is 11.9. The van der Waals surface area contributed by atoms with Crippen LogP contribution < -0.4 is 0 Å². The van der Waals surface area contributed by atoms with Crippen molar-refractivity contribution in [3.8, 4) is 0 Å². The Balaban J connectivity index is 1.97. The van der Waals surface area contributed by atoms with E-state index in [2.05, 4.69) is 4.90 Å². The second kappa shape index (κ2) is 5.43. The van der Waals surface area contributed by atoms with E-state index in [1.165, 1.54) is 12.8 Å². The molecule has 0 aromatic carbocycles. The summed E-state index contributed by atoms with van der Waals surface area (Å²) in [5, 5.41) is -0.471. The third-order valence-electron chi connectivity index (χ3n) is 3.87. The summed E-state index contributed by atoms with van der Waals surface area (Å²) in [7, 11) is -3.18. The first-order valence-corrected chi connectivity index (χ1v) is 8.38. The molecule has 2 fully saturated rings. The molecule has 2 saturated heterocycles. The Morgan fingerprint density at radius 3 is 2.53 bits per heavy atom. The summed E-state index contributed by atoms with van der Waals surface area (Å²) in [4.78, 5) is 2.43. The summed E-state index contributed by atoms with van der Waals surface area (Å²) < 4.78 is 25.9. The van der Waals surface area contributed by atoms with Crippen LogP contribution in [0.5, 0.6) is 0 Å². The monoisotopic (exact) mass is 280 g/mol. The van der Waals surface area contributed by atoms with Crippen molar-refractivity contribution in [3.05, 3.63) is 0 Å². The first-order valence-electron chi connectivity index (χ1n) is 6.34. The van der Waals surface area contributed by atoms with Gasteiger partial charge < -0.3 is 0 Å². The van der Waals surface area contributed by atoms with Gasteiger partial charge in [0.2, 0.25) is 10.0 Å². The molecule has 17 heavy (non-hydrogen) atoms. The van der Waals surface area contributed by atoms with Gasteiger partial charge in [0.1, 0.15) is 0 Å². The molecule has 0 saturated carbocycles. The van der Waals surface area contributed by atoms with E-state index in [4.69, 9.17) is 11.6 Å². The van der Waals surface area contributed by atoms with E-state index < -0.39 is 15.3 Å². The molecule has 0 radical (unpaired) electrons. The van der Waals surface area contributed by atoms with Gasteiger partial charge in [-0.25, -0.2) is 12.7 Å². The fourth-order valence-corrected chi connectivity index (χ4v) is 4.57. The van der Waals surface area contributed by atoms with Crippen LogP contribution >= 0.6 is 11.6 Å². The lowest BCUT2D eigenvalue weighted by Gasteiger charge is -2.24. The summed E-state index contributed by atoms with van der Waals surface area (Å²) in [6.45, 7) is 5.26. The summed E-state index contributed by atoms with van der Waals surface area (Å²) in [6.07, 6.45) is 3.47. The lowest BCUT2D eigenvalue weighted by Crippen LogP contribution is -2.40. The van der Waals surface area contributed by atoms with E-state index >= 15 is 0 Å². The van der Waals surface area contributed by atoms with Crippen molar-refractivity contribution in [2.45, 2.75) is 37.5 Å². The number of likely N-dealkylation sites (tertiary alicyclic amines) is 1. The first kappa shape index (κ1) is 13.6. The Morgan fingerprint density at radius 2 is 1.94 bits per heavy atom. The van der Waals surface area contributed by atoms with Crippen LogP contribution in [0, 0.1) is 0 Å². The van der Waals surface area contributed by atoms with Gasteiger partial charge in [0, 0.05) is 25.0 Å². The molecule has 2 atom stereocenters. The lowest BCUT2D eigenvalue weighted by molar-refractivity contribution is 0.251. The molecule has 2 rings (SSSR count). The maximum absolute atomic E-state index is 12.1. The van der Waals surface area contributed by atoms with Crippen LogP contribution in [0.3, 0.4) is 0 Å². The van der Waals surface area contributed by atoms with Crippen molar-refractivity contribution < 1.29 is 8.42 Å². The molecule has 0 aliphatic carbocycles. The fraction of sp³-hybridized carbons (Fsp3) is 1.00. The smallest absolute Gasteiger partial charge is 0.217 e. The van der Waals surface area contributed by atoms with Crippen molar-refractivity contribution in [2.24, 2.45) is 0 Å². The molecule has 0 spiro atoms. The maximum atomic E-state index is 12.1. The van der Waals surface area contributed by atoms with Crippen molar-refractivity contribution in [1.82, 2.24) is 9.21 Å². The SMILES string of the molecule is CC(CCl)S(=O)(=O)N1CCC(N2CCCC2)C1. The minimum absolute atomic E-state index is 0.174. The van der Waals surface area contributed by atoms with Gasteiger partial charge in [0.25, 0.3) is 0 Å². The minimum atomic E-state index is -3.18. The van der Waals surface area contributed by atoms with E-state index in [1.807, 2.05) is 0 Å². The summed E-state index contributed by atoms with van der Waals surface area (Å²) >= 11 is 5.66. The number of hydrogen-bond donors (Lipinski definition) is 0. The Labute approximate surface area is 109 Å². The molecule has 0 aromatic rings. The zero-order chi connectivity index (χ0) is 12.5. The molecule has 2 aliphatic rings. The van der Waals surface area contributed by atoms with Gasteiger partial charge in [-0.15, -0.1) is 11.6 Å². The topological polar surface area (TPSA) is 40.6 Å². The summed E-state index contributed by atoms with van der Waals surface area (Å²) in [6, 6.07) is 0.426. The molecular formula is C11H21ClN2O2S. The molecule has 6 heteroatoms. The van der Waals surface area contributed by atoms with Crippen molar-refractivity contribution in [1.29, 1.82) is 0 Å². The number of rotatable bonds is 4. The van der Waals surface area contributed by atoms with Crippen molar-refractivity contribution in [2.75, 3.05) is 32.1 Å².